The van der Waals surface area contributed by atoms with Crippen LogP contribution in [0.25, 0.3) is 0 Å². The fourth-order valence-electron chi connectivity index (χ4n) is 4.25. The van der Waals surface area contributed by atoms with E-state index in [9.17, 15) is 9.59 Å². The van der Waals surface area contributed by atoms with E-state index >= 15 is 0 Å². The van der Waals surface area contributed by atoms with Gasteiger partial charge in [-0.3, -0.25) is 9.59 Å². The van der Waals surface area contributed by atoms with Crippen molar-refractivity contribution in [3.63, 3.8) is 0 Å². The first-order valence-electron chi connectivity index (χ1n) is 11.7. The summed E-state index contributed by atoms with van der Waals surface area (Å²) < 4.78 is 5.76. The standard InChI is InChI=1S/C26H31Cl3N2O3/c1-3-24(26(33)30-18-8-5-4-6-9-18)31(15-20-22(28)10-7-11-23(20)29)25(32)16-34-19-12-13-21(27)17(2)14-19/h7,10-14,18,24H,3-6,8-9,15-16H2,1-2H3,(H,30,33). The predicted molar refractivity (Wildman–Crippen MR) is 138 cm³/mol. The van der Waals surface area contributed by atoms with Crippen molar-refractivity contribution in [1.29, 1.82) is 0 Å². The van der Waals surface area contributed by atoms with Crippen LogP contribution in [0.4, 0.5) is 0 Å². The van der Waals surface area contributed by atoms with E-state index in [2.05, 4.69) is 5.32 Å². The van der Waals surface area contributed by atoms with Crippen molar-refractivity contribution < 1.29 is 14.3 Å². The van der Waals surface area contributed by atoms with Crippen molar-refractivity contribution in [1.82, 2.24) is 10.2 Å². The maximum absolute atomic E-state index is 13.4. The first-order valence-corrected chi connectivity index (χ1v) is 12.8. The Labute approximate surface area is 216 Å². The average molecular weight is 526 g/mol. The molecule has 0 radical (unpaired) electrons. The third kappa shape index (κ3) is 7.03. The van der Waals surface area contributed by atoms with Crippen molar-refractivity contribution in [2.45, 2.75) is 71.0 Å². The molecule has 0 aliphatic heterocycles. The van der Waals surface area contributed by atoms with Gasteiger partial charge in [0, 0.05) is 33.2 Å². The molecule has 0 aromatic heterocycles. The third-order valence-electron chi connectivity index (χ3n) is 6.22. The van der Waals surface area contributed by atoms with Crippen LogP contribution in [-0.4, -0.2) is 35.4 Å². The van der Waals surface area contributed by atoms with Gasteiger partial charge in [0.2, 0.25) is 5.91 Å². The smallest absolute Gasteiger partial charge is 0.261 e. The molecule has 2 aromatic carbocycles. The molecule has 1 fully saturated rings. The third-order valence-corrected chi connectivity index (χ3v) is 7.35. The van der Waals surface area contributed by atoms with E-state index in [1.807, 2.05) is 13.8 Å². The van der Waals surface area contributed by atoms with Crippen LogP contribution < -0.4 is 10.1 Å². The van der Waals surface area contributed by atoms with Gasteiger partial charge in [-0.05, 0) is 62.1 Å². The lowest BCUT2D eigenvalue weighted by Crippen LogP contribution is -2.52. The van der Waals surface area contributed by atoms with Gasteiger partial charge in [-0.1, -0.05) is 67.1 Å². The van der Waals surface area contributed by atoms with Crippen molar-refractivity contribution in [3.05, 3.63) is 62.6 Å². The summed E-state index contributed by atoms with van der Waals surface area (Å²) in [5.41, 5.74) is 1.45. The van der Waals surface area contributed by atoms with Crippen molar-refractivity contribution in [3.8, 4) is 5.75 Å². The van der Waals surface area contributed by atoms with Gasteiger partial charge >= 0.3 is 0 Å². The Morgan fingerprint density at radius 2 is 1.74 bits per heavy atom. The number of ether oxygens (including phenoxy) is 1. The van der Waals surface area contributed by atoms with Crippen LogP contribution in [0.15, 0.2) is 36.4 Å². The average Bonchev–Trinajstić information content (AvgIpc) is 2.82. The Morgan fingerprint density at radius 3 is 2.35 bits per heavy atom. The Bertz CT molecular complexity index is 989. The number of hydrogen-bond acceptors (Lipinski definition) is 3. The van der Waals surface area contributed by atoms with Crippen LogP contribution in [0.3, 0.4) is 0 Å². The van der Waals surface area contributed by atoms with Gasteiger partial charge in [0.1, 0.15) is 11.8 Å². The van der Waals surface area contributed by atoms with E-state index in [1.54, 1.807) is 36.4 Å². The second-order valence-electron chi connectivity index (χ2n) is 8.69. The first-order chi connectivity index (χ1) is 16.3. The van der Waals surface area contributed by atoms with Crippen molar-refractivity contribution >= 4 is 46.6 Å². The summed E-state index contributed by atoms with van der Waals surface area (Å²) in [6, 6.07) is 9.89. The summed E-state index contributed by atoms with van der Waals surface area (Å²) in [7, 11) is 0. The Hall–Kier alpha value is -1.95. The molecule has 34 heavy (non-hydrogen) atoms. The molecule has 8 heteroatoms. The number of nitrogens with one attached hydrogen (secondary N) is 1. The fourth-order valence-corrected chi connectivity index (χ4v) is 4.89. The van der Waals surface area contributed by atoms with Gasteiger partial charge in [0.15, 0.2) is 6.61 Å². The minimum atomic E-state index is -0.669. The molecule has 0 heterocycles. The molecule has 184 valence electrons. The molecule has 1 aliphatic carbocycles. The first kappa shape index (κ1) is 26.7. The van der Waals surface area contributed by atoms with Crippen LogP contribution in [-0.2, 0) is 16.1 Å². The summed E-state index contributed by atoms with van der Waals surface area (Å²) in [6.07, 6.45) is 5.78. The molecule has 1 unspecified atom stereocenters. The van der Waals surface area contributed by atoms with E-state index in [0.717, 1.165) is 31.2 Å². The maximum Gasteiger partial charge on any atom is 0.261 e. The lowest BCUT2D eigenvalue weighted by Gasteiger charge is -2.33. The maximum atomic E-state index is 13.4. The molecule has 1 saturated carbocycles. The molecule has 2 aromatic rings. The van der Waals surface area contributed by atoms with Gasteiger partial charge in [-0.15, -0.1) is 0 Å². The molecule has 2 amide bonds. The molecular formula is C26H31Cl3N2O3. The molecular weight excluding hydrogens is 495 g/mol. The number of amides is 2. The Morgan fingerprint density at radius 1 is 1.06 bits per heavy atom. The summed E-state index contributed by atoms with van der Waals surface area (Å²) in [5, 5.41) is 4.67. The Kier molecular flexibility index (Phi) is 9.93. The van der Waals surface area contributed by atoms with Crippen LogP contribution in [0.5, 0.6) is 5.75 Å². The number of carbonyl (C=O) groups is 2. The minimum absolute atomic E-state index is 0.108. The van der Waals surface area contributed by atoms with Crippen LogP contribution in [0, 0.1) is 6.92 Å². The molecule has 0 spiro atoms. The molecule has 3 rings (SSSR count). The van der Waals surface area contributed by atoms with E-state index in [1.165, 1.54) is 11.3 Å². The highest BCUT2D eigenvalue weighted by molar-refractivity contribution is 6.36. The summed E-state index contributed by atoms with van der Waals surface area (Å²) >= 11 is 18.9. The van der Waals surface area contributed by atoms with E-state index in [4.69, 9.17) is 39.5 Å². The second kappa shape index (κ2) is 12.7. The number of halogens is 3. The zero-order valence-corrected chi connectivity index (χ0v) is 21.8. The number of carbonyl (C=O) groups excluding carboxylic acids is 2. The summed E-state index contributed by atoms with van der Waals surface area (Å²) in [5.74, 6) is 0.0492. The van der Waals surface area contributed by atoms with Gasteiger partial charge < -0.3 is 15.0 Å². The van der Waals surface area contributed by atoms with E-state index in [-0.39, 0.29) is 31.0 Å². The molecule has 5 nitrogen and oxygen atoms in total. The highest BCUT2D eigenvalue weighted by Gasteiger charge is 2.31. The summed E-state index contributed by atoms with van der Waals surface area (Å²) in [6.45, 7) is 3.64. The lowest BCUT2D eigenvalue weighted by molar-refractivity contribution is -0.143. The van der Waals surface area contributed by atoms with E-state index in [0.29, 0.717) is 32.8 Å². The van der Waals surface area contributed by atoms with Gasteiger partial charge in [0.05, 0.1) is 0 Å². The predicted octanol–water partition coefficient (Wildman–Crippen LogP) is 6.59. The normalized spacial score (nSPS) is 15.0. The van der Waals surface area contributed by atoms with Crippen LogP contribution >= 0.6 is 34.8 Å². The molecule has 1 aliphatic rings. The zero-order chi connectivity index (χ0) is 24.7. The monoisotopic (exact) mass is 524 g/mol. The number of aryl methyl sites for hydroxylation is 1. The minimum Gasteiger partial charge on any atom is -0.484 e. The number of nitrogens with zero attached hydrogens (tertiary/aromatic N) is 1. The van der Waals surface area contributed by atoms with Crippen molar-refractivity contribution in [2.75, 3.05) is 6.61 Å². The molecule has 0 bridgehead atoms. The molecule has 1 N–H and O–H groups in total. The van der Waals surface area contributed by atoms with Crippen LogP contribution in [0.2, 0.25) is 15.1 Å². The van der Waals surface area contributed by atoms with Gasteiger partial charge in [-0.25, -0.2) is 0 Å². The van der Waals surface area contributed by atoms with Gasteiger partial charge in [-0.2, -0.15) is 0 Å². The van der Waals surface area contributed by atoms with Crippen molar-refractivity contribution in [2.24, 2.45) is 0 Å². The largest absolute Gasteiger partial charge is 0.484 e. The highest BCUT2D eigenvalue weighted by atomic mass is 35.5. The van der Waals surface area contributed by atoms with Gasteiger partial charge in [0.25, 0.3) is 5.91 Å². The molecule has 1 atom stereocenters. The quantitative estimate of drug-likeness (QED) is 0.402. The lowest BCUT2D eigenvalue weighted by atomic mass is 9.95. The van der Waals surface area contributed by atoms with E-state index < -0.39 is 6.04 Å². The second-order valence-corrected chi connectivity index (χ2v) is 9.91. The SMILES string of the molecule is CCC(C(=O)NC1CCCCC1)N(Cc1c(Cl)cccc1Cl)C(=O)COc1ccc(Cl)c(C)c1. The zero-order valence-electron chi connectivity index (χ0n) is 19.6. The summed E-state index contributed by atoms with van der Waals surface area (Å²) in [4.78, 5) is 28.2. The molecule has 0 saturated heterocycles. The van der Waals surface area contributed by atoms with Crippen LogP contribution in [0.1, 0.15) is 56.6 Å². The number of rotatable bonds is 9. The number of hydrogen-bond donors (Lipinski definition) is 1. The highest BCUT2D eigenvalue weighted by Crippen LogP contribution is 2.28. The fraction of sp³-hybridized carbons (Fsp3) is 0.462. The topological polar surface area (TPSA) is 58.6 Å². The number of benzene rings is 2. The Balaban J connectivity index is 1.81.